The zero-order chi connectivity index (χ0) is 13.7. The largest absolute Gasteiger partial charge is 0.380 e. The maximum absolute atomic E-state index is 5.49. The number of ether oxygens (including phenoxy) is 1. The van der Waals surface area contributed by atoms with Crippen LogP contribution in [0.3, 0.4) is 0 Å². The Bertz CT molecular complexity index is 410. The minimum Gasteiger partial charge on any atom is -0.380 e. The third-order valence-corrected chi connectivity index (χ3v) is 3.63. The Labute approximate surface area is 115 Å². The third-order valence-electron chi connectivity index (χ3n) is 3.63. The minimum atomic E-state index is 0.316. The number of hydrogen-bond donors (Lipinski definition) is 1. The van der Waals surface area contributed by atoms with Gasteiger partial charge < -0.3 is 15.0 Å². The van der Waals surface area contributed by atoms with Gasteiger partial charge in [0.1, 0.15) is 18.0 Å². The van der Waals surface area contributed by atoms with Crippen LogP contribution in [0.4, 0.5) is 11.6 Å². The van der Waals surface area contributed by atoms with Crippen molar-refractivity contribution in [2.24, 2.45) is 0 Å². The molecule has 0 spiro atoms. The molecule has 1 saturated heterocycles. The van der Waals surface area contributed by atoms with Crippen molar-refractivity contribution >= 4 is 11.6 Å². The summed E-state index contributed by atoms with van der Waals surface area (Å²) in [6.45, 7) is 7.09. The van der Waals surface area contributed by atoms with Crippen LogP contribution in [0.15, 0.2) is 6.33 Å². The Morgan fingerprint density at radius 1 is 1.42 bits per heavy atom. The van der Waals surface area contributed by atoms with Crippen molar-refractivity contribution in [1.29, 1.82) is 0 Å². The van der Waals surface area contributed by atoms with Crippen molar-refractivity contribution in [2.45, 2.75) is 39.2 Å². The molecule has 1 aliphatic heterocycles. The minimum absolute atomic E-state index is 0.316. The molecule has 2 rings (SSSR count). The molecule has 1 aromatic rings. The fraction of sp³-hybridized carbons (Fsp3) is 0.714. The maximum atomic E-state index is 5.49. The van der Waals surface area contributed by atoms with Crippen LogP contribution in [0.5, 0.6) is 0 Å². The fourth-order valence-electron chi connectivity index (χ4n) is 2.64. The van der Waals surface area contributed by atoms with Crippen LogP contribution in [0, 0.1) is 0 Å². The Morgan fingerprint density at radius 2 is 2.26 bits per heavy atom. The van der Waals surface area contributed by atoms with Crippen LogP contribution < -0.4 is 10.2 Å². The molecular formula is C14H24N4O. The maximum Gasteiger partial charge on any atom is 0.137 e. The predicted octanol–water partition coefficient (Wildman–Crippen LogP) is 2.09. The van der Waals surface area contributed by atoms with Crippen molar-refractivity contribution in [1.82, 2.24) is 9.97 Å². The highest BCUT2D eigenvalue weighted by Crippen LogP contribution is 2.27. The third kappa shape index (κ3) is 3.15. The zero-order valence-electron chi connectivity index (χ0n) is 12.1. The number of hydrogen-bond acceptors (Lipinski definition) is 5. The zero-order valence-corrected chi connectivity index (χ0v) is 12.1. The summed E-state index contributed by atoms with van der Waals surface area (Å²) in [5.41, 5.74) is 1.21. The SMILES string of the molecule is CCNc1ncnc(N2CCCC(OC)C2)c1CC. The van der Waals surface area contributed by atoms with Gasteiger partial charge in [0.2, 0.25) is 0 Å². The molecule has 0 bridgehead atoms. The number of aromatic nitrogens is 2. The lowest BCUT2D eigenvalue weighted by Crippen LogP contribution is -2.40. The first-order valence-electron chi connectivity index (χ1n) is 7.15. The molecule has 5 heteroatoms. The van der Waals surface area contributed by atoms with Gasteiger partial charge in [-0.05, 0) is 26.2 Å². The van der Waals surface area contributed by atoms with E-state index < -0.39 is 0 Å². The van der Waals surface area contributed by atoms with Gasteiger partial charge in [-0.2, -0.15) is 0 Å². The van der Waals surface area contributed by atoms with E-state index in [1.54, 1.807) is 13.4 Å². The first-order valence-corrected chi connectivity index (χ1v) is 7.15. The van der Waals surface area contributed by atoms with Gasteiger partial charge in [0.25, 0.3) is 0 Å². The molecule has 1 fully saturated rings. The number of rotatable bonds is 5. The van der Waals surface area contributed by atoms with E-state index in [0.717, 1.165) is 50.5 Å². The van der Waals surface area contributed by atoms with E-state index in [0.29, 0.717) is 6.10 Å². The predicted molar refractivity (Wildman–Crippen MR) is 77.8 cm³/mol. The van der Waals surface area contributed by atoms with Crippen molar-refractivity contribution in [3.63, 3.8) is 0 Å². The Kier molecular flexibility index (Phi) is 4.96. The van der Waals surface area contributed by atoms with E-state index in [-0.39, 0.29) is 0 Å². The monoisotopic (exact) mass is 264 g/mol. The summed E-state index contributed by atoms with van der Waals surface area (Å²) in [4.78, 5) is 11.2. The molecule has 0 aromatic carbocycles. The van der Waals surface area contributed by atoms with Crippen LogP contribution in [0.1, 0.15) is 32.3 Å². The van der Waals surface area contributed by atoms with Gasteiger partial charge in [0.05, 0.1) is 6.10 Å². The Balaban J connectivity index is 2.25. The molecule has 1 unspecified atom stereocenters. The van der Waals surface area contributed by atoms with E-state index in [4.69, 9.17) is 4.74 Å². The molecule has 0 saturated carbocycles. The average molecular weight is 264 g/mol. The fourth-order valence-corrected chi connectivity index (χ4v) is 2.64. The quantitative estimate of drug-likeness (QED) is 0.882. The van der Waals surface area contributed by atoms with Crippen LogP contribution in [0.25, 0.3) is 0 Å². The van der Waals surface area contributed by atoms with Crippen LogP contribution in [0.2, 0.25) is 0 Å². The van der Waals surface area contributed by atoms with E-state index in [2.05, 4.69) is 34.0 Å². The van der Waals surface area contributed by atoms with Gasteiger partial charge >= 0.3 is 0 Å². The van der Waals surface area contributed by atoms with Crippen LogP contribution >= 0.6 is 0 Å². The van der Waals surface area contributed by atoms with Crippen molar-refractivity contribution in [3.05, 3.63) is 11.9 Å². The smallest absolute Gasteiger partial charge is 0.137 e. The summed E-state index contributed by atoms with van der Waals surface area (Å²) in [5.74, 6) is 2.03. The number of nitrogens with zero attached hydrogens (tertiary/aromatic N) is 3. The lowest BCUT2D eigenvalue weighted by molar-refractivity contribution is 0.0891. The second-order valence-electron chi connectivity index (χ2n) is 4.85. The van der Waals surface area contributed by atoms with E-state index in [1.807, 2.05) is 0 Å². The second-order valence-corrected chi connectivity index (χ2v) is 4.85. The summed E-state index contributed by atoms with van der Waals surface area (Å²) in [6, 6.07) is 0. The lowest BCUT2D eigenvalue weighted by atomic mass is 10.1. The molecule has 2 heterocycles. The molecule has 1 atom stereocenters. The summed E-state index contributed by atoms with van der Waals surface area (Å²) in [5, 5.41) is 3.32. The molecule has 1 aromatic heterocycles. The summed E-state index contributed by atoms with van der Waals surface area (Å²) in [7, 11) is 1.79. The van der Waals surface area contributed by atoms with Gasteiger partial charge in [-0.3, -0.25) is 0 Å². The Hall–Kier alpha value is -1.36. The highest BCUT2D eigenvalue weighted by Gasteiger charge is 2.23. The number of anilines is 2. The molecule has 19 heavy (non-hydrogen) atoms. The average Bonchev–Trinajstić information content (AvgIpc) is 2.47. The molecule has 0 amide bonds. The first-order chi connectivity index (χ1) is 9.30. The topological polar surface area (TPSA) is 50.3 Å². The molecule has 1 aliphatic rings. The summed E-state index contributed by atoms with van der Waals surface area (Å²) in [6.07, 6.45) is 5.20. The van der Waals surface area contributed by atoms with Gasteiger partial charge in [0, 0.05) is 32.3 Å². The van der Waals surface area contributed by atoms with Crippen LogP contribution in [-0.2, 0) is 11.2 Å². The highest BCUT2D eigenvalue weighted by atomic mass is 16.5. The van der Waals surface area contributed by atoms with Crippen molar-refractivity contribution in [3.8, 4) is 0 Å². The normalized spacial score (nSPS) is 19.5. The molecule has 5 nitrogen and oxygen atoms in total. The molecule has 0 radical (unpaired) electrons. The number of nitrogens with one attached hydrogen (secondary N) is 1. The van der Waals surface area contributed by atoms with Gasteiger partial charge in [-0.15, -0.1) is 0 Å². The van der Waals surface area contributed by atoms with E-state index in [1.165, 1.54) is 5.56 Å². The molecule has 106 valence electrons. The number of methoxy groups -OCH3 is 1. The second kappa shape index (κ2) is 6.70. The summed E-state index contributed by atoms with van der Waals surface area (Å²) < 4.78 is 5.49. The Morgan fingerprint density at radius 3 is 2.95 bits per heavy atom. The van der Waals surface area contributed by atoms with E-state index in [9.17, 15) is 0 Å². The molecular weight excluding hydrogens is 240 g/mol. The highest BCUT2D eigenvalue weighted by molar-refractivity contribution is 5.59. The lowest BCUT2D eigenvalue weighted by Gasteiger charge is -2.34. The van der Waals surface area contributed by atoms with Crippen molar-refractivity contribution < 1.29 is 4.74 Å². The van der Waals surface area contributed by atoms with Crippen LogP contribution in [-0.4, -0.2) is 42.8 Å². The first kappa shape index (κ1) is 14.1. The van der Waals surface area contributed by atoms with E-state index >= 15 is 0 Å². The van der Waals surface area contributed by atoms with Crippen molar-refractivity contribution in [2.75, 3.05) is 37.0 Å². The number of piperidine rings is 1. The van der Waals surface area contributed by atoms with Gasteiger partial charge in [0.15, 0.2) is 0 Å². The van der Waals surface area contributed by atoms with Gasteiger partial charge in [-0.1, -0.05) is 6.92 Å². The standard InChI is InChI=1S/C14H24N4O/c1-4-12-13(15-5-2)16-10-17-14(12)18-8-6-7-11(9-18)19-3/h10-11H,4-9H2,1-3H3,(H,15,16,17). The van der Waals surface area contributed by atoms with Gasteiger partial charge in [-0.25, -0.2) is 9.97 Å². The molecule has 0 aliphatic carbocycles. The molecule has 1 N–H and O–H groups in total. The summed E-state index contributed by atoms with van der Waals surface area (Å²) >= 11 is 0.